The zero-order valence-electron chi connectivity index (χ0n) is 19.7. The number of hydrogen-bond donors (Lipinski definition) is 1. The largest absolute Gasteiger partial charge is 0.497 e. The smallest absolute Gasteiger partial charge is 0.339 e. The van der Waals surface area contributed by atoms with Crippen LogP contribution in [-0.4, -0.2) is 28.0 Å². The lowest BCUT2D eigenvalue weighted by Crippen LogP contribution is -2.13. The number of nitrogens with one attached hydrogen (secondary N) is 1. The molecule has 8 nitrogen and oxygen atoms in total. The standard InChI is InChI=1S/C26H23IN2O6S/c1-4-34-24-15-18(13-19(16-28)26(30)29-20-7-9-21(33-3)10-8-20)14-23(27)25(24)35-36(31,32)22-11-5-17(2)6-12-22/h5-15H,4H2,1-3H3,(H,29,30)/b19-13+. The Bertz CT molecular complexity index is 1430. The Morgan fingerprint density at radius 2 is 1.78 bits per heavy atom. The molecule has 0 fully saturated rings. The van der Waals surface area contributed by atoms with Crippen LogP contribution in [0.25, 0.3) is 6.08 Å². The third-order valence-corrected chi connectivity index (χ3v) is 6.90. The summed E-state index contributed by atoms with van der Waals surface area (Å²) in [4.78, 5) is 12.7. The van der Waals surface area contributed by atoms with Crippen LogP contribution in [0.4, 0.5) is 5.69 Å². The molecule has 186 valence electrons. The van der Waals surface area contributed by atoms with Crippen molar-refractivity contribution < 1.29 is 26.9 Å². The fraction of sp³-hybridized carbons (Fsp3) is 0.154. The summed E-state index contributed by atoms with van der Waals surface area (Å²) in [5, 5.41) is 12.2. The highest BCUT2D eigenvalue weighted by molar-refractivity contribution is 14.1. The first-order valence-electron chi connectivity index (χ1n) is 10.7. The van der Waals surface area contributed by atoms with Gasteiger partial charge in [0.2, 0.25) is 0 Å². The van der Waals surface area contributed by atoms with Crippen LogP contribution in [0, 0.1) is 21.8 Å². The van der Waals surface area contributed by atoms with Crippen molar-refractivity contribution in [3.8, 4) is 23.3 Å². The van der Waals surface area contributed by atoms with Crippen LogP contribution in [-0.2, 0) is 14.9 Å². The number of rotatable bonds is 9. The van der Waals surface area contributed by atoms with Gasteiger partial charge in [-0.25, -0.2) is 0 Å². The van der Waals surface area contributed by atoms with Gasteiger partial charge in [-0.3, -0.25) is 4.79 Å². The molecule has 1 N–H and O–H groups in total. The number of amides is 1. The Kier molecular flexibility index (Phi) is 8.95. The quantitative estimate of drug-likeness (QED) is 0.149. The molecule has 0 atom stereocenters. The Morgan fingerprint density at radius 3 is 2.36 bits per heavy atom. The number of carbonyl (C=O) groups is 1. The van der Waals surface area contributed by atoms with Crippen LogP contribution < -0.4 is 19.0 Å². The van der Waals surface area contributed by atoms with E-state index < -0.39 is 16.0 Å². The first-order valence-corrected chi connectivity index (χ1v) is 13.2. The second-order valence-electron chi connectivity index (χ2n) is 7.47. The van der Waals surface area contributed by atoms with E-state index in [1.54, 1.807) is 49.4 Å². The fourth-order valence-electron chi connectivity index (χ4n) is 3.07. The summed E-state index contributed by atoms with van der Waals surface area (Å²) >= 11 is 1.92. The van der Waals surface area contributed by atoms with Crippen molar-refractivity contribution in [2.45, 2.75) is 18.7 Å². The maximum Gasteiger partial charge on any atom is 0.339 e. The van der Waals surface area contributed by atoms with Gasteiger partial charge in [-0.05, 0) is 96.6 Å². The van der Waals surface area contributed by atoms with Crippen LogP contribution >= 0.6 is 22.6 Å². The van der Waals surface area contributed by atoms with Crippen molar-refractivity contribution >= 4 is 50.4 Å². The SMILES string of the molecule is CCOc1cc(/C=C(\C#N)C(=O)Nc2ccc(OC)cc2)cc(I)c1OS(=O)(=O)c1ccc(C)cc1. The molecule has 0 saturated carbocycles. The number of benzene rings is 3. The maximum atomic E-state index is 12.8. The van der Waals surface area contributed by atoms with Gasteiger partial charge < -0.3 is 19.0 Å². The van der Waals surface area contributed by atoms with E-state index in [-0.39, 0.29) is 28.6 Å². The monoisotopic (exact) mass is 618 g/mol. The second kappa shape index (κ2) is 11.9. The molecule has 0 unspecified atom stereocenters. The predicted molar refractivity (Wildman–Crippen MR) is 145 cm³/mol. The molecule has 0 aromatic heterocycles. The van der Waals surface area contributed by atoms with Gasteiger partial charge in [-0.2, -0.15) is 13.7 Å². The molecule has 3 rings (SSSR count). The summed E-state index contributed by atoms with van der Waals surface area (Å²) in [6.07, 6.45) is 1.39. The van der Waals surface area contributed by atoms with E-state index in [1.165, 1.54) is 31.4 Å². The molecule has 0 aliphatic rings. The number of halogens is 1. The highest BCUT2D eigenvalue weighted by Gasteiger charge is 2.22. The third kappa shape index (κ3) is 6.77. The molecule has 0 heterocycles. The number of carbonyl (C=O) groups excluding carboxylic acids is 1. The fourth-order valence-corrected chi connectivity index (χ4v) is 4.91. The molecule has 0 aliphatic heterocycles. The molecular weight excluding hydrogens is 595 g/mol. The van der Waals surface area contributed by atoms with E-state index in [1.807, 2.05) is 35.6 Å². The third-order valence-electron chi connectivity index (χ3n) is 4.86. The molecule has 0 saturated heterocycles. The van der Waals surface area contributed by atoms with Gasteiger partial charge in [0.05, 0.1) is 17.3 Å². The molecule has 0 spiro atoms. The maximum absolute atomic E-state index is 12.8. The molecular formula is C26H23IN2O6S. The van der Waals surface area contributed by atoms with E-state index in [2.05, 4.69) is 5.32 Å². The summed E-state index contributed by atoms with van der Waals surface area (Å²) in [6, 6.07) is 18.0. The molecule has 3 aromatic carbocycles. The normalized spacial score (nSPS) is 11.4. The molecule has 3 aromatic rings. The van der Waals surface area contributed by atoms with Gasteiger partial charge in [0.15, 0.2) is 11.5 Å². The van der Waals surface area contributed by atoms with Gasteiger partial charge in [0.25, 0.3) is 5.91 Å². The number of hydrogen-bond acceptors (Lipinski definition) is 7. The Morgan fingerprint density at radius 1 is 1.11 bits per heavy atom. The van der Waals surface area contributed by atoms with E-state index in [0.717, 1.165) is 5.56 Å². The minimum atomic E-state index is -4.11. The molecule has 0 bridgehead atoms. The van der Waals surface area contributed by atoms with Gasteiger partial charge in [-0.1, -0.05) is 17.7 Å². The summed E-state index contributed by atoms with van der Waals surface area (Å²) in [7, 11) is -2.57. The van der Waals surface area contributed by atoms with Gasteiger partial charge in [0, 0.05) is 5.69 Å². The van der Waals surface area contributed by atoms with Crippen molar-refractivity contribution in [3.05, 3.63) is 80.9 Å². The lowest BCUT2D eigenvalue weighted by Gasteiger charge is -2.15. The Labute approximate surface area is 223 Å². The molecule has 1 amide bonds. The molecule has 10 heteroatoms. The number of anilines is 1. The van der Waals surface area contributed by atoms with E-state index in [4.69, 9.17) is 13.7 Å². The summed E-state index contributed by atoms with van der Waals surface area (Å²) in [6.45, 7) is 3.84. The highest BCUT2D eigenvalue weighted by Crippen LogP contribution is 2.37. The zero-order chi connectivity index (χ0) is 26.3. The number of aryl methyl sites for hydroxylation is 1. The molecule has 36 heavy (non-hydrogen) atoms. The van der Waals surface area contributed by atoms with Crippen molar-refractivity contribution in [3.63, 3.8) is 0 Å². The summed E-state index contributed by atoms with van der Waals surface area (Å²) in [5.41, 5.74) is 1.73. The minimum Gasteiger partial charge on any atom is -0.497 e. The number of nitrogens with zero attached hydrogens (tertiary/aromatic N) is 1. The summed E-state index contributed by atoms with van der Waals surface area (Å²) < 4.78 is 42.3. The van der Waals surface area contributed by atoms with Crippen LogP contribution in [0.1, 0.15) is 18.1 Å². The molecule has 0 radical (unpaired) electrons. The lowest BCUT2D eigenvalue weighted by molar-refractivity contribution is -0.112. The van der Waals surface area contributed by atoms with Crippen LogP contribution in [0.5, 0.6) is 17.2 Å². The topological polar surface area (TPSA) is 115 Å². The zero-order valence-corrected chi connectivity index (χ0v) is 22.7. The van der Waals surface area contributed by atoms with Crippen LogP contribution in [0.3, 0.4) is 0 Å². The van der Waals surface area contributed by atoms with E-state index >= 15 is 0 Å². The van der Waals surface area contributed by atoms with Crippen molar-refractivity contribution in [1.82, 2.24) is 0 Å². The van der Waals surface area contributed by atoms with Crippen LogP contribution in [0.15, 0.2) is 71.1 Å². The Balaban J connectivity index is 1.91. The van der Waals surface area contributed by atoms with E-state index in [0.29, 0.717) is 20.6 Å². The van der Waals surface area contributed by atoms with E-state index in [9.17, 15) is 18.5 Å². The predicted octanol–water partition coefficient (Wildman–Crippen LogP) is 5.32. The van der Waals surface area contributed by atoms with Gasteiger partial charge in [0.1, 0.15) is 22.3 Å². The number of ether oxygens (including phenoxy) is 2. The highest BCUT2D eigenvalue weighted by atomic mass is 127. The lowest BCUT2D eigenvalue weighted by atomic mass is 10.1. The first kappa shape index (κ1) is 27.0. The average Bonchev–Trinajstić information content (AvgIpc) is 2.85. The van der Waals surface area contributed by atoms with Gasteiger partial charge in [-0.15, -0.1) is 0 Å². The molecule has 0 aliphatic carbocycles. The van der Waals surface area contributed by atoms with Crippen molar-refractivity contribution in [2.75, 3.05) is 19.0 Å². The van der Waals surface area contributed by atoms with Crippen molar-refractivity contribution in [2.24, 2.45) is 0 Å². The first-order chi connectivity index (χ1) is 17.2. The Hall–Kier alpha value is -3.56. The van der Waals surface area contributed by atoms with Crippen LogP contribution in [0.2, 0.25) is 0 Å². The number of nitriles is 1. The average molecular weight is 618 g/mol. The van der Waals surface area contributed by atoms with Crippen molar-refractivity contribution in [1.29, 1.82) is 5.26 Å². The minimum absolute atomic E-state index is 0.0114. The van der Waals surface area contributed by atoms with Gasteiger partial charge >= 0.3 is 10.1 Å². The number of methoxy groups -OCH3 is 1. The summed E-state index contributed by atoms with van der Waals surface area (Å²) in [5.74, 6) is 0.224. The second-order valence-corrected chi connectivity index (χ2v) is 10.2.